The topological polar surface area (TPSA) is 50.8 Å². The van der Waals surface area contributed by atoms with Crippen molar-refractivity contribution in [1.82, 2.24) is 10.4 Å². The van der Waals surface area contributed by atoms with Crippen molar-refractivity contribution in [3.8, 4) is 0 Å². The minimum atomic E-state index is 0.135. The predicted octanol–water partition coefficient (Wildman–Crippen LogP) is 1.87. The molecule has 0 aromatic heterocycles. The molecule has 0 saturated carbocycles. The highest BCUT2D eigenvalue weighted by atomic mass is 16.7. The summed E-state index contributed by atoms with van der Waals surface area (Å²) in [7, 11) is 0. The van der Waals surface area contributed by atoms with Crippen LogP contribution in [0.5, 0.6) is 0 Å². The van der Waals surface area contributed by atoms with Crippen molar-refractivity contribution in [2.75, 3.05) is 32.8 Å². The number of hydroxylamine groups is 2. The van der Waals surface area contributed by atoms with Gasteiger partial charge >= 0.3 is 0 Å². The van der Waals surface area contributed by atoms with Crippen LogP contribution in [0.3, 0.4) is 0 Å². The highest BCUT2D eigenvalue weighted by Crippen LogP contribution is 2.17. The third-order valence-corrected chi connectivity index (χ3v) is 3.96. The summed E-state index contributed by atoms with van der Waals surface area (Å²) in [4.78, 5) is 17.2. The van der Waals surface area contributed by atoms with E-state index in [4.69, 9.17) is 9.57 Å². The number of nitrogens with one attached hydrogen (secondary N) is 1. The fraction of sp³-hybridized carbons (Fsp3) is 0.933. The van der Waals surface area contributed by atoms with E-state index in [2.05, 4.69) is 5.32 Å². The zero-order chi connectivity index (χ0) is 14.0. The van der Waals surface area contributed by atoms with Crippen LogP contribution in [0.2, 0.25) is 0 Å². The van der Waals surface area contributed by atoms with Gasteiger partial charge in [0.15, 0.2) is 0 Å². The molecule has 0 spiro atoms. The number of nitrogens with zero attached hydrogens (tertiary/aromatic N) is 1. The molecule has 2 fully saturated rings. The molecule has 2 heterocycles. The summed E-state index contributed by atoms with van der Waals surface area (Å²) < 4.78 is 5.58. The lowest BCUT2D eigenvalue weighted by atomic mass is 10.1. The standard InChI is InChI=1S/C15H28N2O3/c18-15(8-11-17-10-3-4-13-20-17)16-9-2-1-6-14-7-5-12-19-14/h14H,1-13H2,(H,16,18). The van der Waals surface area contributed by atoms with Gasteiger partial charge in [-0.05, 0) is 44.9 Å². The first-order chi connectivity index (χ1) is 9.84. The van der Waals surface area contributed by atoms with Gasteiger partial charge in [-0.3, -0.25) is 9.63 Å². The molecule has 1 atom stereocenters. The Morgan fingerprint density at radius 1 is 1.20 bits per heavy atom. The van der Waals surface area contributed by atoms with Gasteiger partial charge in [-0.1, -0.05) is 0 Å². The van der Waals surface area contributed by atoms with Gasteiger partial charge in [-0.15, -0.1) is 0 Å². The third kappa shape index (κ3) is 6.20. The maximum absolute atomic E-state index is 11.7. The number of carbonyl (C=O) groups is 1. The van der Waals surface area contributed by atoms with Crippen LogP contribution < -0.4 is 5.32 Å². The van der Waals surface area contributed by atoms with Crippen LogP contribution in [-0.2, 0) is 14.4 Å². The SMILES string of the molecule is O=C(CCN1CCCCO1)NCCCCC1CCCO1. The van der Waals surface area contributed by atoms with Crippen molar-refractivity contribution in [3.05, 3.63) is 0 Å². The first-order valence-corrected chi connectivity index (χ1v) is 8.11. The van der Waals surface area contributed by atoms with Crippen molar-refractivity contribution in [1.29, 1.82) is 0 Å². The van der Waals surface area contributed by atoms with E-state index in [0.717, 1.165) is 52.0 Å². The molecule has 1 N–H and O–H groups in total. The van der Waals surface area contributed by atoms with E-state index in [9.17, 15) is 4.79 Å². The lowest BCUT2D eigenvalue weighted by molar-refractivity contribution is -0.181. The van der Waals surface area contributed by atoms with Gasteiger partial charge in [0.2, 0.25) is 5.91 Å². The van der Waals surface area contributed by atoms with Crippen LogP contribution in [-0.4, -0.2) is 49.9 Å². The molecule has 2 aliphatic rings. The second kappa shape index (κ2) is 9.32. The van der Waals surface area contributed by atoms with Crippen molar-refractivity contribution < 1.29 is 14.4 Å². The lowest BCUT2D eigenvalue weighted by Crippen LogP contribution is -2.34. The predicted molar refractivity (Wildman–Crippen MR) is 77.2 cm³/mol. The van der Waals surface area contributed by atoms with E-state index in [1.807, 2.05) is 5.06 Å². The molecule has 0 bridgehead atoms. The Kier molecular flexibility index (Phi) is 7.33. The quantitative estimate of drug-likeness (QED) is 0.691. The van der Waals surface area contributed by atoms with Gasteiger partial charge in [0.05, 0.1) is 12.7 Å². The number of hydrogen-bond donors (Lipinski definition) is 1. The van der Waals surface area contributed by atoms with E-state index in [-0.39, 0.29) is 5.91 Å². The van der Waals surface area contributed by atoms with Crippen LogP contribution >= 0.6 is 0 Å². The Morgan fingerprint density at radius 2 is 2.15 bits per heavy atom. The zero-order valence-electron chi connectivity index (χ0n) is 12.4. The second-order valence-corrected chi connectivity index (χ2v) is 5.70. The maximum atomic E-state index is 11.7. The molecule has 20 heavy (non-hydrogen) atoms. The summed E-state index contributed by atoms with van der Waals surface area (Å²) in [6.07, 6.45) is 9.05. The normalized spacial score (nSPS) is 23.9. The summed E-state index contributed by atoms with van der Waals surface area (Å²) in [5, 5.41) is 4.90. The van der Waals surface area contributed by atoms with Gasteiger partial charge in [0.25, 0.3) is 0 Å². The number of hydrogen-bond acceptors (Lipinski definition) is 4. The average Bonchev–Trinajstić information content (AvgIpc) is 2.99. The summed E-state index contributed by atoms with van der Waals surface area (Å²) in [5.41, 5.74) is 0. The van der Waals surface area contributed by atoms with E-state index in [1.54, 1.807) is 0 Å². The Hall–Kier alpha value is -0.650. The Balaban J connectivity index is 1.41. The minimum Gasteiger partial charge on any atom is -0.378 e. The van der Waals surface area contributed by atoms with Crippen molar-refractivity contribution in [2.45, 2.75) is 57.5 Å². The Morgan fingerprint density at radius 3 is 2.90 bits per heavy atom. The molecule has 2 aliphatic heterocycles. The molecule has 2 saturated heterocycles. The average molecular weight is 284 g/mol. The summed E-state index contributed by atoms with van der Waals surface area (Å²) >= 11 is 0. The smallest absolute Gasteiger partial charge is 0.221 e. The third-order valence-electron chi connectivity index (χ3n) is 3.96. The summed E-state index contributed by atoms with van der Waals surface area (Å²) in [5.74, 6) is 0.135. The maximum Gasteiger partial charge on any atom is 0.221 e. The van der Waals surface area contributed by atoms with Crippen LogP contribution in [0.1, 0.15) is 51.4 Å². The second-order valence-electron chi connectivity index (χ2n) is 5.70. The van der Waals surface area contributed by atoms with Crippen molar-refractivity contribution in [3.63, 3.8) is 0 Å². The van der Waals surface area contributed by atoms with E-state index >= 15 is 0 Å². The highest BCUT2D eigenvalue weighted by molar-refractivity contribution is 5.75. The number of amides is 1. The first-order valence-electron chi connectivity index (χ1n) is 8.11. The van der Waals surface area contributed by atoms with Crippen molar-refractivity contribution >= 4 is 5.91 Å². The number of unbranched alkanes of at least 4 members (excludes halogenated alkanes) is 1. The Labute approximate surface area is 121 Å². The molecule has 5 nitrogen and oxygen atoms in total. The molecule has 1 amide bonds. The van der Waals surface area contributed by atoms with E-state index in [1.165, 1.54) is 19.3 Å². The molecule has 2 rings (SSSR count). The number of rotatable bonds is 8. The fourth-order valence-electron chi connectivity index (χ4n) is 2.74. The first kappa shape index (κ1) is 15.7. The summed E-state index contributed by atoms with van der Waals surface area (Å²) in [6, 6.07) is 0. The molecule has 5 heteroatoms. The van der Waals surface area contributed by atoms with E-state index in [0.29, 0.717) is 19.1 Å². The van der Waals surface area contributed by atoms with E-state index < -0.39 is 0 Å². The van der Waals surface area contributed by atoms with Gasteiger partial charge in [-0.2, -0.15) is 5.06 Å². The van der Waals surface area contributed by atoms with Gasteiger partial charge < -0.3 is 10.1 Å². The molecule has 0 aromatic carbocycles. The van der Waals surface area contributed by atoms with Crippen LogP contribution in [0, 0.1) is 0 Å². The fourth-order valence-corrected chi connectivity index (χ4v) is 2.74. The van der Waals surface area contributed by atoms with Crippen LogP contribution in [0.15, 0.2) is 0 Å². The Bertz CT molecular complexity index is 274. The van der Waals surface area contributed by atoms with Crippen LogP contribution in [0.4, 0.5) is 0 Å². The number of ether oxygens (including phenoxy) is 1. The zero-order valence-corrected chi connectivity index (χ0v) is 12.4. The molecule has 0 aromatic rings. The molecule has 0 radical (unpaired) electrons. The lowest BCUT2D eigenvalue weighted by Gasteiger charge is -2.25. The molecule has 116 valence electrons. The van der Waals surface area contributed by atoms with Gasteiger partial charge in [0, 0.05) is 32.7 Å². The molecular weight excluding hydrogens is 256 g/mol. The number of carbonyl (C=O) groups excluding carboxylic acids is 1. The molecular formula is C15H28N2O3. The van der Waals surface area contributed by atoms with Gasteiger partial charge in [-0.25, -0.2) is 0 Å². The summed E-state index contributed by atoms with van der Waals surface area (Å²) in [6.45, 7) is 4.17. The van der Waals surface area contributed by atoms with Gasteiger partial charge in [0.1, 0.15) is 0 Å². The highest BCUT2D eigenvalue weighted by Gasteiger charge is 2.15. The molecule has 0 aliphatic carbocycles. The van der Waals surface area contributed by atoms with Crippen LogP contribution in [0.25, 0.3) is 0 Å². The minimum absolute atomic E-state index is 0.135. The molecule has 1 unspecified atom stereocenters. The largest absolute Gasteiger partial charge is 0.378 e. The monoisotopic (exact) mass is 284 g/mol. The van der Waals surface area contributed by atoms with Crippen molar-refractivity contribution in [2.24, 2.45) is 0 Å².